The van der Waals surface area contributed by atoms with Crippen molar-refractivity contribution in [2.45, 2.75) is 19.8 Å². The number of alkyl halides is 3. The number of aromatic nitrogens is 2. The number of ether oxygens (including phenoxy) is 1. The van der Waals surface area contributed by atoms with E-state index in [4.69, 9.17) is 0 Å². The summed E-state index contributed by atoms with van der Waals surface area (Å²) in [5.41, 5.74) is -0.407. The molecule has 0 aromatic carbocycles. The molecular formula is C8H8F3IN2O2. The van der Waals surface area contributed by atoms with Gasteiger partial charge in [0.2, 0.25) is 0 Å². The second-order valence-corrected chi connectivity index (χ2v) is 4.14. The normalized spacial score (nSPS) is 11.8. The Hall–Kier alpha value is -0.640. The highest BCUT2D eigenvalue weighted by atomic mass is 127. The summed E-state index contributed by atoms with van der Waals surface area (Å²) in [6.45, 7) is -0.313. The Bertz CT molecular complexity index is 430. The Kier molecular flexibility index (Phi) is 4.30. The van der Waals surface area contributed by atoms with Crippen molar-refractivity contribution in [3.63, 3.8) is 0 Å². The maximum absolute atomic E-state index is 11.8. The molecule has 0 amide bonds. The molecule has 0 bridgehead atoms. The molecular weight excluding hydrogens is 340 g/mol. The van der Waals surface area contributed by atoms with Gasteiger partial charge in [0.15, 0.2) is 0 Å². The summed E-state index contributed by atoms with van der Waals surface area (Å²) >= 11 is 1.76. The van der Waals surface area contributed by atoms with Crippen LogP contribution >= 0.6 is 22.6 Å². The SMILES string of the molecule is Cc1ncc(I)c(=O)n1COCC(F)(F)F. The van der Waals surface area contributed by atoms with Crippen LogP contribution in [0.5, 0.6) is 0 Å². The molecule has 90 valence electrons. The number of nitrogens with zero attached hydrogens (tertiary/aromatic N) is 2. The van der Waals surface area contributed by atoms with E-state index in [0.29, 0.717) is 9.39 Å². The van der Waals surface area contributed by atoms with Gasteiger partial charge >= 0.3 is 6.18 Å². The molecule has 1 rings (SSSR count). The van der Waals surface area contributed by atoms with E-state index in [2.05, 4.69) is 9.72 Å². The number of aryl methyl sites for hydroxylation is 1. The maximum atomic E-state index is 11.8. The van der Waals surface area contributed by atoms with Crippen molar-refractivity contribution in [3.05, 3.63) is 25.9 Å². The van der Waals surface area contributed by atoms with Gasteiger partial charge in [0.1, 0.15) is 19.2 Å². The first-order chi connectivity index (χ1) is 7.31. The molecule has 0 aliphatic carbocycles. The van der Waals surface area contributed by atoms with Crippen LogP contribution in [0.1, 0.15) is 5.82 Å². The number of hydrogen-bond donors (Lipinski definition) is 0. The Labute approximate surface area is 103 Å². The van der Waals surface area contributed by atoms with Crippen molar-refractivity contribution >= 4 is 22.6 Å². The molecule has 1 heterocycles. The fourth-order valence-electron chi connectivity index (χ4n) is 0.956. The summed E-state index contributed by atoms with van der Waals surface area (Å²) in [5.74, 6) is 0.313. The minimum atomic E-state index is -4.40. The maximum Gasteiger partial charge on any atom is 0.411 e. The zero-order valence-electron chi connectivity index (χ0n) is 8.21. The predicted octanol–water partition coefficient (Wildman–Crippen LogP) is 1.69. The van der Waals surface area contributed by atoms with Gasteiger partial charge < -0.3 is 4.74 Å². The van der Waals surface area contributed by atoms with Crippen molar-refractivity contribution in [2.75, 3.05) is 6.61 Å². The van der Waals surface area contributed by atoms with Crippen molar-refractivity contribution < 1.29 is 17.9 Å². The Morgan fingerprint density at radius 3 is 2.75 bits per heavy atom. The minimum Gasteiger partial charge on any atom is -0.351 e. The average molecular weight is 348 g/mol. The van der Waals surface area contributed by atoms with Crippen LogP contribution in [0.4, 0.5) is 13.2 Å². The third-order valence-electron chi connectivity index (χ3n) is 1.69. The summed E-state index contributed by atoms with van der Waals surface area (Å²) in [5, 5.41) is 0. The fourth-order valence-corrected chi connectivity index (χ4v) is 1.39. The van der Waals surface area contributed by atoms with Gasteiger partial charge in [-0.2, -0.15) is 13.2 Å². The number of rotatable bonds is 3. The van der Waals surface area contributed by atoms with Crippen LogP contribution in [0.15, 0.2) is 11.0 Å². The molecule has 0 fully saturated rings. The van der Waals surface area contributed by atoms with Crippen LogP contribution in [0.2, 0.25) is 0 Å². The zero-order valence-corrected chi connectivity index (χ0v) is 10.4. The van der Waals surface area contributed by atoms with E-state index < -0.39 is 25.1 Å². The van der Waals surface area contributed by atoms with Gasteiger partial charge in [0.05, 0.1) is 3.57 Å². The van der Waals surface area contributed by atoms with Crippen LogP contribution in [0.3, 0.4) is 0 Å². The van der Waals surface area contributed by atoms with Gasteiger partial charge in [-0.3, -0.25) is 9.36 Å². The molecule has 0 saturated carbocycles. The first-order valence-electron chi connectivity index (χ1n) is 4.17. The zero-order chi connectivity index (χ0) is 12.3. The highest BCUT2D eigenvalue weighted by Crippen LogP contribution is 2.14. The van der Waals surface area contributed by atoms with E-state index >= 15 is 0 Å². The van der Waals surface area contributed by atoms with Crippen LogP contribution in [-0.2, 0) is 11.5 Å². The minimum absolute atomic E-state index is 0.313. The molecule has 0 spiro atoms. The van der Waals surface area contributed by atoms with Crippen LogP contribution < -0.4 is 5.56 Å². The standard InChI is InChI=1S/C8H8F3IN2O2/c1-5-13-2-6(12)7(15)14(5)4-16-3-8(9,10)11/h2H,3-4H2,1H3. The largest absolute Gasteiger partial charge is 0.411 e. The lowest BCUT2D eigenvalue weighted by Crippen LogP contribution is -2.28. The highest BCUT2D eigenvalue weighted by molar-refractivity contribution is 14.1. The summed E-state index contributed by atoms with van der Waals surface area (Å²) in [4.78, 5) is 15.3. The predicted molar refractivity (Wildman–Crippen MR) is 58.0 cm³/mol. The molecule has 4 nitrogen and oxygen atoms in total. The Balaban J connectivity index is 2.75. The van der Waals surface area contributed by atoms with E-state index in [9.17, 15) is 18.0 Å². The molecule has 0 aliphatic heterocycles. The molecule has 0 unspecified atom stereocenters. The summed E-state index contributed by atoms with van der Waals surface area (Å²) in [6, 6.07) is 0. The first kappa shape index (κ1) is 13.4. The van der Waals surface area contributed by atoms with Crippen LogP contribution in [0, 0.1) is 10.5 Å². The molecule has 0 aliphatic rings. The van der Waals surface area contributed by atoms with E-state index in [-0.39, 0.29) is 0 Å². The number of halogens is 4. The van der Waals surface area contributed by atoms with E-state index in [0.717, 1.165) is 4.57 Å². The van der Waals surface area contributed by atoms with E-state index in [1.54, 1.807) is 22.6 Å². The Morgan fingerprint density at radius 2 is 2.19 bits per heavy atom. The third-order valence-corrected chi connectivity index (χ3v) is 2.43. The van der Waals surface area contributed by atoms with Gasteiger partial charge in [0, 0.05) is 6.20 Å². The molecule has 1 aromatic rings. The van der Waals surface area contributed by atoms with Crippen LogP contribution in [-0.4, -0.2) is 22.3 Å². The highest BCUT2D eigenvalue weighted by Gasteiger charge is 2.27. The molecule has 0 radical (unpaired) electrons. The smallest absolute Gasteiger partial charge is 0.351 e. The summed E-state index contributed by atoms with van der Waals surface area (Å²) in [6.07, 6.45) is -3.04. The lowest BCUT2D eigenvalue weighted by atomic mass is 10.5. The lowest BCUT2D eigenvalue weighted by Gasteiger charge is -2.11. The van der Waals surface area contributed by atoms with Gasteiger partial charge in [-0.15, -0.1) is 0 Å². The summed E-state index contributed by atoms with van der Waals surface area (Å²) in [7, 11) is 0. The molecule has 1 aromatic heterocycles. The van der Waals surface area contributed by atoms with Gasteiger partial charge in [0.25, 0.3) is 5.56 Å². The topological polar surface area (TPSA) is 44.1 Å². The van der Waals surface area contributed by atoms with Crippen LogP contribution in [0.25, 0.3) is 0 Å². The average Bonchev–Trinajstić information content (AvgIpc) is 2.16. The third kappa shape index (κ3) is 3.74. The number of hydrogen-bond acceptors (Lipinski definition) is 3. The Morgan fingerprint density at radius 1 is 1.56 bits per heavy atom. The summed E-state index contributed by atoms with van der Waals surface area (Å²) < 4.78 is 41.2. The van der Waals surface area contributed by atoms with Gasteiger partial charge in [-0.25, -0.2) is 4.98 Å². The van der Waals surface area contributed by atoms with Crippen molar-refractivity contribution in [3.8, 4) is 0 Å². The fraction of sp³-hybridized carbons (Fsp3) is 0.500. The second-order valence-electron chi connectivity index (χ2n) is 2.98. The van der Waals surface area contributed by atoms with Gasteiger partial charge in [-0.1, -0.05) is 0 Å². The first-order valence-corrected chi connectivity index (χ1v) is 5.25. The molecule has 0 saturated heterocycles. The van der Waals surface area contributed by atoms with Gasteiger partial charge in [-0.05, 0) is 29.5 Å². The van der Waals surface area contributed by atoms with E-state index in [1.807, 2.05) is 0 Å². The monoisotopic (exact) mass is 348 g/mol. The van der Waals surface area contributed by atoms with Crippen molar-refractivity contribution in [1.29, 1.82) is 0 Å². The molecule has 0 N–H and O–H groups in total. The second kappa shape index (κ2) is 5.13. The molecule has 0 atom stereocenters. The lowest BCUT2D eigenvalue weighted by molar-refractivity contribution is -0.182. The van der Waals surface area contributed by atoms with Crippen molar-refractivity contribution in [1.82, 2.24) is 9.55 Å². The molecule has 8 heteroatoms. The quantitative estimate of drug-likeness (QED) is 0.781. The van der Waals surface area contributed by atoms with Crippen molar-refractivity contribution in [2.24, 2.45) is 0 Å². The van der Waals surface area contributed by atoms with E-state index in [1.165, 1.54) is 13.1 Å². The molecule has 16 heavy (non-hydrogen) atoms.